The lowest BCUT2D eigenvalue weighted by Gasteiger charge is -2.17. The molecule has 17 heavy (non-hydrogen) atoms. The number of Topliss-reactive ketones (excluding diaryl/α,β-unsaturated/α-hetero) is 1. The van der Waals surface area contributed by atoms with E-state index in [0.29, 0.717) is 5.56 Å². The van der Waals surface area contributed by atoms with Crippen molar-refractivity contribution in [3.8, 4) is 0 Å². The van der Waals surface area contributed by atoms with E-state index in [2.05, 4.69) is 11.9 Å². The van der Waals surface area contributed by atoms with Crippen LogP contribution in [-0.4, -0.2) is 23.0 Å². The highest BCUT2D eigenvalue weighted by molar-refractivity contribution is 5.98. The summed E-state index contributed by atoms with van der Waals surface area (Å²) in [5, 5.41) is 0. The Kier molecular flexibility index (Phi) is 3.29. The maximum absolute atomic E-state index is 12.4. The van der Waals surface area contributed by atoms with Gasteiger partial charge in [-0.3, -0.25) is 9.78 Å². The lowest BCUT2D eigenvalue weighted by atomic mass is 9.83. The first-order chi connectivity index (χ1) is 8.00. The molecule has 0 radical (unpaired) electrons. The Morgan fingerprint density at radius 1 is 1.24 bits per heavy atom. The Hall–Kier alpha value is -1.22. The number of hydrogen-bond donors (Lipinski definition) is 0. The van der Waals surface area contributed by atoms with Gasteiger partial charge in [-0.05, 0) is 38.3 Å². The van der Waals surface area contributed by atoms with Crippen molar-refractivity contribution in [3.05, 3.63) is 29.6 Å². The topological polar surface area (TPSA) is 39.2 Å². The number of aromatic nitrogens is 1. The Labute approximate surface area is 102 Å². The molecular formula is C14H19NO2. The quantitative estimate of drug-likeness (QED) is 0.737. The summed E-state index contributed by atoms with van der Waals surface area (Å²) >= 11 is 0. The normalized spacial score (nSPS) is 32.7. The second kappa shape index (κ2) is 4.57. The molecule has 92 valence electrons. The number of hydrogen-bond acceptors (Lipinski definition) is 3. The van der Waals surface area contributed by atoms with Gasteiger partial charge in [0.1, 0.15) is 0 Å². The average Bonchev–Trinajstić information content (AvgIpc) is 2.52. The zero-order valence-electron chi connectivity index (χ0n) is 10.8. The highest BCUT2D eigenvalue weighted by atomic mass is 16.5. The van der Waals surface area contributed by atoms with Crippen LogP contribution in [0.3, 0.4) is 0 Å². The zero-order chi connectivity index (χ0) is 12.6. The molecule has 0 N–H and O–H groups in total. The Bertz CT molecular complexity index is 430. The van der Waals surface area contributed by atoms with Gasteiger partial charge in [-0.2, -0.15) is 0 Å². The summed E-state index contributed by atoms with van der Waals surface area (Å²) in [6, 6.07) is 1.90. The Morgan fingerprint density at radius 2 is 1.94 bits per heavy atom. The monoisotopic (exact) mass is 233 g/mol. The SMILES string of the molecule is Cc1cncc(C(=O)C2C(C)OC(C)C2C)c1. The van der Waals surface area contributed by atoms with E-state index in [9.17, 15) is 4.79 Å². The Balaban J connectivity index is 2.26. The fraction of sp³-hybridized carbons (Fsp3) is 0.571. The van der Waals surface area contributed by atoms with Gasteiger partial charge in [0.25, 0.3) is 0 Å². The maximum atomic E-state index is 12.4. The van der Waals surface area contributed by atoms with Crippen LogP contribution in [0.2, 0.25) is 0 Å². The average molecular weight is 233 g/mol. The van der Waals surface area contributed by atoms with E-state index in [4.69, 9.17) is 4.74 Å². The molecule has 0 spiro atoms. The van der Waals surface area contributed by atoms with Gasteiger partial charge in [-0.1, -0.05) is 6.92 Å². The van der Waals surface area contributed by atoms with Gasteiger partial charge in [-0.25, -0.2) is 0 Å². The molecule has 0 bridgehead atoms. The molecule has 1 aliphatic heterocycles. The number of rotatable bonds is 2. The summed E-state index contributed by atoms with van der Waals surface area (Å²) in [5.74, 6) is 0.372. The number of nitrogens with zero attached hydrogens (tertiary/aromatic N) is 1. The Morgan fingerprint density at radius 3 is 2.47 bits per heavy atom. The van der Waals surface area contributed by atoms with Crippen LogP contribution in [0.1, 0.15) is 36.7 Å². The van der Waals surface area contributed by atoms with Gasteiger partial charge >= 0.3 is 0 Å². The van der Waals surface area contributed by atoms with Gasteiger partial charge in [-0.15, -0.1) is 0 Å². The minimum atomic E-state index is -0.0476. The second-order valence-corrected chi connectivity index (χ2v) is 5.05. The van der Waals surface area contributed by atoms with Crippen molar-refractivity contribution in [1.29, 1.82) is 0 Å². The smallest absolute Gasteiger partial charge is 0.170 e. The largest absolute Gasteiger partial charge is 0.374 e. The molecule has 3 heteroatoms. The van der Waals surface area contributed by atoms with Crippen LogP contribution in [0.4, 0.5) is 0 Å². The number of aryl methyl sites for hydroxylation is 1. The molecule has 0 amide bonds. The molecule has 0 aromatic carbocycles. The summed E-state index contributed by atoms with van der Waals surface area (Å²) in [5.41, 5.74) is 1.72. The fourth-order valence-electron chi connectivity index (χ4n) is 2.60. The van der Waals surface area contributed by atoms with E-state index in [1.807, 2.05) is 26.8 Å². The minimum absolute atomic E-state index is 0.00647. The molecule has 1 fully saturated rings. The maximum Gasteiger partial charge on any atom is 0.170 e. The van der Waals surface area contributed by atoms with Crippen LogP contribution in [0.5, 0.6) is 0 Å². The highest BCUT2D eigenvalue weighted by Crippen LogP contribution is 2.34. The van der Waals surface area contributed by atoms with Crippen LogP contribution in [0.15, 0.2) is 18.5 Å². The number of carbonyl (C=O) groups is 1. The lowest BCUT2D eigenvalue weighted by molar-refractivity contribution is 0.0491. The van der Waals surface area contributed by atoms with Crippen molar-refractivity contribution in [2.24, 2.45) is 11.8 Å². The first kappa shape index (κ1) is 12.2. The summed E-state index contributed by atoms with van der Waals surface area (Å²) in [6.45, 7) is 8.04. The summed E-state index contributed by atoms with van der Waals surface area (Å²) in [4.78, 5) is 16.5. The molecule has 1 aromatic rings. The highest BCUT2D eigenvalue weighted by Gasteiger charge is 2.41. The van der Waals surface area contributed by atoms with E-state index >= 15 is 0 Å². The van der Waals surface area contributed by atoms with Crippen LogP contribution >= 0.6 is 0 Å². The van der Waals surface area contributed by atoms with Gasteiger partial charge in [0.2, 0.25) is 0 Å². The van der Waals surface area contributed by atoms with Crippen LogP contribution in [0, 0.1) is 18.8 Å². The van der Waals surface area contributed by atoms with Crippen molar-refractivity contribution in [2.75, 3.05) is 0 Å². The molecule has 4 unspecified atom stereocenters. The number of carbonyl (C=O) groups excluding carboxylic acids is 1. The molecule has 1 saturated heterocycles. The third kappa shape index (κ3) is 2.25. The van der Waals surface area contributed by atoms with E-state index < -0.39 is 0 Å². The fourth-order valence-corrected chi connectivity index (χ4v) is 2.60. The molecule has 0 saturated carbocycles. The molecule has 2 rings (SSSR count). The van der Waals surface area contributed by atoms with Crippen LogP contribution in [-0.2, 0) is 4.74 Å². The van der Waals surface area contributed by atoms with Crippen LogP contribution < -0.4 is 0 Å². The van der Waals surface area contributed by atoms with Gasteiger partial charge in [0.15, 0.2) is 5.78 Å². The first-order valence-corrected chi connectivity index (χ1v) is 6.12. The zero-order valence-corrected chi connectivity index (χ0v) is 10.8. The van der Waals surface area contributed by atoms with Gasteiger partial charge < -0.3 is 4.74 Å². The predicted octanol–water partition coefficient (Wildman–Crippen LogP) is 2.63. The molecule has 0 aliphatic carbocycles. The molecule has 2 heterocycles. The number of ether oxygens (including phenoxy) is 1. The third-order valence-electron chi connectivity index (χ3n) is 3.70. The second-order valence-electron chi connectivity index (χ2n) is 5.05. The van der Waals surface area contributed by atoms with E-state index in [1.54, 1.807) is 12.4 Å². The van der Waals surface area contributed by atoms with E-state index in [0.717, 1.165) is 5.56 Å². The predicted molar refractivity (Wildman–Crippen MR) is 66.0 cm³/mol. The van der Waals surface area contributed by atoms with Gasteiger partial charge in [0, 0.05) is 18.0 Å². The number of ketones is 1. The first-order valence-electron chi connectivity index (χ1n) is 6.12. The summed E-state index contributed by atoms with van der Waals surface area (Å²) in [6.07, 6.45) is 3.56. The molecule has 3 nitrogen and oxygen atoms in total. The van der Waals surface area contributed by atoms with E-state index in [-0.39, 0.29) is 29.8 Å². The van der Waals surface area contributed by atoms with Crippen molar-refractivity contribution in [1.82, 2.24) is 4.98 Å². The van der Waals surface area contributed by atoms with Crippen LogP contribution in [0.25, 0.3) is 0 Å². The van der Waals surface area contributed by atoms with Gasteiger partial charge in [0.05, 0.1) is 18.1 Å². The molecule has 1 aliphatic rings. The standard InChI is InChI=1S/C14H19NO2/c1-8-5-12(7-15-6-8)14(16)13-9(2)10(3)17-11(13)4/h5-7,9-11,13H,1-4H3. The third-order valence-corrected chi connectivity index (χ3v) is 3.70. The molecule has 4 atom stereocenters. The van der Waals surface area contributed by atoms with Crippen molar-refractivity contribution >= 4 is 5.78 Å². The molecule has 1 aromatic heterocycles. The van der Waals surface area contributed by atoms with Crippen molar-refractivity contribution in [2.45, 2.75) is 39.9 Å². The summed E-state index contributed by atoms with van der Waals surface area (Å²) < 4.78 is 5.72. The number of pyridine rings is 1. The molecular weight excluding hydrogens is 214 g/mol. The lowest BCUT2D eigenvalue weighted by Crippen LogP contribution is -2.27. The summed E-state index contributed by atoms with van der Waals surface area (Å²) in [7, 11) is 0. The minimum Gasteiger partial charge on any atom is -0.374 e. The van der Waals surface area contributed by atoms with E-state index in [1.165, 1.54) is 0 Å². The van der Waals surface area contributed by atoms with Crippen molar-refractivity contribution in [3.63, 3.8) is 0 Å². The van der Waals surface area contributed by atoms with Crippen molar-refractivity contribution < 1.29 is 9.53 Å².